The molecule has 0 saturated heterocycles. The highest BCUT2D eigenvalue weighted by molar-refractivity contribution is 5.71. The topological polar surface area (TPSA) is 90.2 Å². The summed E-state index contributed by atoms with van der Waals surface area (Å²) in [6.07, 6.45) is 2.77. The zero-order valence-electron chi connectivity index (χ0n) is 27.9. The minimum atomic E-state index is -1.64. The van der Waals surface area contributed by atoms with Crippen molar-refractivity contribution in [2.45, 2.75) is 39.0 Å². The number of aryl methyl sites for hydroxylation is 1. The van der Waals surface area contributed by atoms with E-state index in [-0.39, 0.29) is 19.0 Å². The minimum absolute atomic E-state index is 0.0985. The number of hydrogen-bond donors (Lipinski definition) is 4. The van der Waals surface area contributed by atoms with Crippen LogP contribution in [0.15, 0.2) is 116 Å². The fraction of sp³-hybridized carbons (Fsp3) is 0.220. The van der Waals surface area contributed by atoms with Gasteiger partial charge in [-0.25, -0.2) is 4.39 Å². The van der Waals surface area contributed by atoms with Crippen molar-refractivity contribution >= 4 is 5.57 Å². The third-order valence-electron chi connectivity index (χ3n) is 7.35. The molecule has 0 saturated carbocycles. The molecule has 4 rings (SSSR count). The summed E-state index contributed by atoms with van der Waals surface area (Å²) in [7, 11) is 1.59. The van der Waals surface area contributed by atoms with Crippen molar-refractivity contribution in [1.29, 1.82) is 0 Å². The van der Waals surface area contributed by atoms with Crippen LogP contribution >= 0.6 is 0 Å². The molecule has 258 valence electrons. The average molecular weight is 673 g/mol. The molecular formula is C41H43F3O5. The van der Waals surface area contributed by atoms with Crippen LogP contribution in [0, 0.1) is 17.7 Å². The number of rotatable bonds is 12. The molecule has 4 aromatic carbocycles. The number of hydrogen-bond acceptors (Lipinski definition) is 5. The van der Waals surface area contributed by atoms with Gasteiger partial charge in [-0.2, -0.15) is 8.78 Å². The van der Waals surface area contributed by atoms with Crippen molar-refractivity contribution in [3.05, 3.63) is 144 Å². The van der Waals surface area contributed by atoms with Gasteiger partial charge in [0.05, 0.1) is 20.3 Å². The van der Waals surface area contributed by atoms with Crippen LogP contribution in [-0.2, 0) is 6.42 Å². The lowest BCUT2D eigenvalue weighted by Crippen LogP contribution is -1.94. The molecule has 0 unspecified atom stereocenters. The van der Waals surface area contributed by atoms with Gasteiger partial charge in [0.25, 0.3) is 6.08 Å². The van der Waals surface area contributed by atoms with E-state index in [1.165, 1.54) is 6.07 Å². The molecule has 0 aromatic heterocycles. The largest absolute Gasteiger partial charge is 0.497 e. The van der Waals surface area contributed by atoms with Gasteiger partial charge in [-0.15, -0.1) is 0 Å². The van der Waals surface area contributed by atoms with Gasteiger partial charge in [-0.1, -0.05) is 85.5 Å². The minimum Gasteiger partial charge on any atom is -0.497 e. The van der Waals surface area contributed by atoms with Crippen molar-refractivity contribution in [1.82, 2.24) is 0 Å². The van der Waals surface area contributed by atoms with Crippen LogP contribution in [0.5, 0.6) is 5.75 Å². The molecule has 0 spiro atoms. The van der Waals surface area contributed by atoms with E-state index in [0.29, 0.717) is 35.3 Å². The molecule has 49 heavy (non-hydrogen) atoms. The van der Waals surface area contributed by atoms with Gasteiger partial charge in [-0.05, 0) is 108 Å². The second-order valence-corrected chi connectivity index (χ2v) is 11.1. The van der Waals surface area contributed by atoms with Gasteiger partial charge in [0.1, 0.15) is 11.6 Å². The number of unbranched alkanes of at least 4 members (excludes halogenated alkanes) is 3. The summed E-state index contributed by atoms with van der Waals surface area (Å²) in [5.41, 5.74) is 8.10. The summed E-state index contributed by atoms with van der Waals surface area (Å²) in [6.45, 7) is 9.09. The lowest BCUT2D eigenvalue weighted by Gasteiger charge is -2.10. The first-order chi connectivity index (χ1) is 23.6. The van der Waals surface area contributed by atoms with Gasteiger partial charge < -0.3 is 14.9 Å². The summed E-state index contributed by atoms with van der Waals surface area (Å²) in [4.78, 5) is 0. The van der Waals surface area contributed by atoms with Gasteiger partial charge in [0.15, 0.2) is 0 Å². The molecule has 5 nitrogen and oxygen atoms in total. The molecule has 0 bridgehead atoms. The number of ether oxygens (including phenoxy) is 1. The molecule has 0 aliphatic carbocycles. The molecule has 4 N–H and O–H groups in total. The van der Waals surface area contributed by atoms with Crippen molar-refractivity contribution in [2.75, 3.05) is 20.3 Å². The Morgan fingerprint density at radius 3 is 1.98 bits per heavy atom. The first kappa shape index (κ1) is 40.3. The summed E-state index contributed by atoms with van der Waals surface area (Å²) >= 11 is 0. The Bertz CT molecular complexity index is 1730. The van der Waals surface area contributed by atoms with Crippen LogP contribution in [0.25, 0.3) is 27.8 Å². The predicted molar refractivity (Wildman–Crippen MR) is 192 cm³/mol. The van der Waals surface area contributed by atoms with Gasteiger partial charge in [0.2, 0.25) is 0 Å². The Morgan fingerprint density at radius 2 is 1.41 bits per heavy atom. The van der Waals surface area contributed by atoms with E-state index < -0.39 is 6.08 Å². The zero-order valence-corrected chi connectivity index (χ0v) is 27.9. The molecule has 8 heteroatoms. The normalized spacial score (nSPS) is 9.90. The molecule has 0 amide bonds. The first-order valence-corrected chi connectivity index (χ1v) is 15.6. The van der Waals surface area contributed by atoms with E-state index in [0.717, 1.165) is 64.3 Å². The highest BCUT2D eigenvalue weighted by Crippen LogP contribution is 2.27. The first-order valence-electron chi connectivity index (χ1n) is 15.6. The SMILES string of the molecule is C=C(C)CO.C=C(CO)c1ccc(-c2ccc(C#Cc3ccc(-c4ccc(OC)cc4)c(F)c3)c(CCCCCC=C(F)F)c2)cc1.OO. The van der Waals surface area contributed by atoms with Crippen LogP contribution in [0.4, 0.5) is 13.2 Å². The van der Waals surface area contributed by atoms with Crippen LogP contribution in [0.1, 0.15) is 54.9 Å². The molecule has 0 atom stereocenters. The van der Waals surface area contributed by atoms with E-state index in [4.69, 9.17) is 20.4 Å². The maximum absolute atomic E-state index is 15.0. The van der Waals surface area contributed by atoms with Crippen molar-refractivity contribution in [3.63, 3.8) is 0 Å². The van der Waals surface area contributed by atoms with Gasteiger partial charge >= 0.3 is 0 Å². The quantitative estimate of drug-likeness (QED) is 0.0396. The molecule has 0 heterocycles. The number of benzene rings is 4. The van der Waals surface area contributed by atoms with Crippen LogP contribution in [-0.4, -0.2) is 41.1 Å². The lowest BCUT2D eigenvalue weighted by atomic mass is 9.94. The Morgan fingerprint density at radius 1 is 0.776 bits per heavy atom. The number of aliphatic hydroxyl groups excluding tert-OH is 2. The summed E-state index contributed by atoms with van der Waals surface area (Å²) in [6, 6.07) is 26.1. The fourth-order valence-electron chi connectivity index (χ4n) is 4.68. The standard InChI is InChI=1S/C37H33F3O2.C4H8O.H2O2/c1-26(25-41)28-12-14-30(15-13-28)33-17-16-29(32(24-33)7-5-3-4-6-8-37(39)40)11-9-27-10-22-35(36(38)23-27)31-18-20-34(42-2)21-19-31;1-4(2)3-5;1-2/h8,10,12-24,41H,1,3-7,25H2,2H3;5H,1,3H2,2H3;1-2H. The van der Waals surface area contributed by atoms with Crippen LogP contribution < -0.4 is 4.74 Å². The maximum atomic E-state index is 15.0. The fourth-order valence-corrected chi connectivity index (χ4v) is 4.68. The van der Waals surface area contributed by atoms with Gasteiger partial charge in [0, 0.05) is 16.7 Å². The Kier molecular flexibility index (Phi) is 18.0. The predicted octanol–water partition coefficient (Wildman–Crippen LogP) is 10.0. The highest BCUT2D eigenvalue weighted by Gasteiger charge is 2.08. The monoisotopic (exact) mass is 672 g/mol. The zero-order chi connectivity index (χ0) is 36.2. The third kappa shape index (κ3) is 13.6. The number of methoxy groups -OCH3 is 1. The van der Waals surface area contributed by atoms with Crippen LogP contribution in [0.2, 0.25) is 0 Å². The summed E-state index contributed by atoms with van der Waals surface area (Å²) in [5, 5.41) is 29.4. The second kappa shape index (κ2) is 21.9. The third-order valence-corrected chi connectivity index (χ3v) is 7.35. The maximum Gasteiger partial charge on any atom is 0.266 e. The molecule has 0 aliphatic heterocycles. The van der Waals surface area contributed by atoms with Crippen LogP contribution in [0.3, 0.4) is 0 Å². The number of halogens is 3. The van der Waals surface area contributed by atoms with Gasteiger partial charge in [-0.3, -0.25) is 10.5 Å². The second-order valence-electron chi connectivity index (χ2n) is 11.1. The Balaban J connectivity index is 0.00000109. The molecule has 0 aliphatic rings. The molecule has 4 aromatic rings. The molecular weight excluding hydrogens is 629 g/mol. The summed E-state index contributed by atoms with van der Waals surface area (Å²) in [5.74, 6) is 6.69. The Labute approximate surface area is 286 Å². The average Bonchev–Trinajstić information content (AvgIpc) is 3.13. The van der Waals surface area contributed by atoms with E-state index in [1.54, 1.807) is 32.2 Å². The van der Waals surface area contributed by atoms with E-state index in [9.17, 15) is 13.9 Å². The summed E-state index contributed by atoms with van der Waals surface area (Å²) < 4.78 is 44.9. The smallest absolute Gasteiger partial charge is 0.266 e. The number of aliphatic hydroxyl groups is 2. The van der Waals surface area contributed by atoms with Crippen molar-refractivity contribution in [2.24, 2.45) is 0 Å². The highest BCUT2D eigenvalue weighted by atomic mass is 19.3. The Hall–Kier alpha value is -4.91. The van der Waals surface area contributed by atoms with Crippen molar-refractivity contribution in [3.8, 4) is 39.8 Å². The molecule has 0 radical (unpaired) electrons. The number of allylic oxidation sites excluding steroid dienone is 1. The van der Waals surface area contributed by atoms with E-state index in [2.05, 4.69) is 31.1 Å². The lowest BCUT2D eigenvalue weighted by molar-refractivity contribution is -0.176. The van der Waals surface area contributed by atoms with E-state index >= 15 is 4.39 Å². The van der Waals surface area contributed by atoms with Crippen molar-refractivity contribution < 1.29 is 38.6 Å². The van der Waals surface area contributed by atoms with E-state index in [1.807, 2.05) is 54.6 Å². The molecule has 0 fully saturated rings.